The number of hydrogen-bond acceptors (Lipinski definition) is 2. The Morgan fingerprint density at radius 1 is 1.58 bits per heavy atom. The van der Waals surface area contributed by atoms with Crippen LogP contribution in [0.1, 0.15) is 33.1 Å². The number of likely N-dealkylation sites (tertiary alicyclic amines) is 1. The van der Waals surface area contributed by atoms with Crippen LogP contribution in [0.4, 0.5) is 0 Å². The number of nitrogens with zero attached hydrogens (tertiary/aromatic N) is 1. The summed E-state index contributed by atoms with van der Waals surface area (Å²) in [6.45, 7) is 7.69. The van der Waals surface area contributed by atoms with Crippen molar-refractivity contribution in [3.8, 4) is 0 Å². The van der Waals surface area contributed by atoms with Gasteiger partial charge in [-0.2, -0.15) is 0 Å². The molecule has 1 fully saturated rings. The number of hydrogen-bond donors (Lipinski definition) is 1. The molecule has 2 heteroatoms. The van der Waals surface area contributed by atoms with Crippen molar-refractivity contribution in [1.29, 1.82) is 0 Å². The Balaban J connectivity index is 2.14. The van der Waals surface area contributed by atoms with Crippen molar-refractivity contribution in [2.24, 2.45) is 5.92 Å². The van der Waals surface area contributed by atoms with Gasteiger partial charge in [0.15, 0.2) is 0 Å². The molecular formula is C10H21NO. The molecule has 0 amide bonds. The average molecular weight is 171 g/mol. The van der Waals surface area contributed by atoms with Crippen molar-refractivity contribution < 1.29 is 5.11 Å². The first kappa shape index (κ1) is 10.0. The molecule has 1 rings (SSSR count). The van der Waals surface area contributed by atoms with E-state index in [9.17, 15) is 5.11 Å². The second kappa shape index (κ2) is 4.83. The molecule has 0 aromatic heterocycles. The first-order chi connectivity index (χ1) is 5.72. The van der Waals surface area contributed by atoms with E-state index >= 15 is 0 Å². The maximum Gasteiger partial charge on any atom is 0.0679 e. The first-order valence-corrected chi connectivity index (χ1v) is 5.12. The van der Waals surface area contributed by atoms with Crippen LogP contribution >= 0.6 is 0 Å². The van der Waals surface area contributed by atoms with Gasteiger partial charge in [-0.3, -0.25) is 0 Å². The van der Waals surface area contributed by atoms with Gasteiger partial charge in [0.2, 0.25) is 0 Å². The van der Waals surface area contributed by atoms with Gasteiger partial charge < -0.3 is 10.0 Å². The van der Waals surface area contributed by atoms with Crippen LogP contribution in [-0.4, -0.2) is 35.7 Å². The molecule has 1 aliphatic rings. The lowest BCUT2D eigenvalue weighted by atomic mass is 10.1. The van der Waals surface area contributed by atoms with Gasteiger partial charge in [-0.15, -0.1) is 0 Å². The van der Waals surface area contributed by atoms with Crippen molar-refractivity contribution in [3.05, 3.63) is 0 Å². The molecule has 2 unspecified atom stereocenters. The van der Waals surface area contributed by atoms with Crippen LogP contribution in [0.3, 0.4) is 0 Å². The predicted molar refractivity (Wildman–Crippen MR) is 51.1 cm³/mol. The summed E-state index contributed by atoms with van der Waals surface area (Å²) in [6.07, 6.45) is 3.50. The molecule has 0 aliphatic carbocycles. The van der Waals surface area contributed by atoms with Gasteiger partial charge in [-0.1, -0.05) is 20.3 Å². The number of β-amino-alcohol motifs (C(OH)–C–C–N with tert-alkyl or cyclic N) is 1. The van der Waals surface area contributed by atoms with E-state index in [-0.39, 0.29) is 6.10 Å². The summed E-state index contributed by atoms with van der Waals surface area (Å²) >= 11 is 0. The van der Waals surface area contributed by atoms with Gasteiger partial charge in [-0.25, -0.2) is 0 Å². The van der Waals surface area contributed by atoms with E-state index < -0.39 is 0 Å². The minimum atomic E-state index is -0.0566. The molecule has 0 saturated carbocycles. The molecule has 12 heavy (non-hydrogen) atoms. The Kier molecular flexibility index (Phi) is 4.02. The summed E-state index contributed by atoms with van der Waals surface area (Å²) in [5.74, 6) is 0.792. The summed E-state index contributed by atoms with van der Waals surface area (Å²) in [5, 5.41) is 9.30. The topological polar surface area (TPSA) is 23.5 Å². The number of rotatable bonds is 4. The fourth-order valence-electron chi connectivity index (χ4n) is 2.00. The largest absolute Gasteiger partial charge is 0.392 e. The van der Waals surface area contributed by atoms with E-state index in [1.54, 1.807) is 0 Å². The summed E-state index contributed by atoms with van der Waals surface area (Å²) in [5.41, 5.74) is 0. The second-order valence-corrected chi connectivity index (χ2v) is 4.10. The van der Waals surface area contributed by atoms with Gasteiger partial charge in [-0.05, 0) is 18.8 Å². The fraction of sp³-hybridized carbons (Fsp3) is 1.00. The molecule has 0 spiro atoms. The van der Waals surface area contributed by atoms with E-state index in [4.69, 9.17) is 0 Å². The lowest BCUT2D eigenvalue weighted by Gasteiger charge is -2.19. The quantitative estimate of drug-likeness (QED) is 0.692. The van der Waals surface area contributed by atoms with Crippen molar-refractivity contribution in [2.75, 3.05) is 19.6 Å². The molecule has 2 atom stereocenters. The molecule has 0 aromatic rings. The highest BCUT2D eigenvalue weighted by Crippen LogP contribution is 2.13. The minimum absolute atomic E-state index is 0.0566. The van der Waals surface area contributed by atoms with E-state index in [2.05, 4.69) is 18.7 Å². The second-order valence-electron chi connectivity index (χ2n) is 4.10. The lowest BCUT2D eigenvalue weighted by Crippen LogP contribution is -2.27. The standard InChI is InChI=1S/C10H21NO/c1-3-4-9(2)7-11-6-5-10(12)8-11/h9-10,12H,3-8H2,1-2H3. The van der Waals surface area contributed by atoms with E-state index in [0.717, 1.165) is 25.4 Å². The number of aliphatic hydroxyl groups is 1. The maximum atomic E-state index is 9.30. The molecule has 1 aliphatic heterocycles. The van der Waals surface area contributed by atoms with Gasteiger partial charge in [0, 0.05) is 19.6 Å². The third kappa shape index (κ3) is 3.11. The molecule has 0 bridgehead atoms. The molecule has 72 valence electrons. The highest BCUT2D eigenvalue weighted by Gasteiger charge is 2.20. The third-order valence-corrected chi connectivity index (χ3v) is 2.60. The SMILES string of the molecule is CCCC(C)CN1CCC(O)C1. The van der Waals surface area contributed by atoms with Gasteiger partial charge in [0.25, 0.3) is 0 Å². The first-order valence-electron chi connectivity index (χ1n) is 5.12. The van der Waals surface area contributed by atoms with E-state index in [0.29, 0.717) is 0 Å². The van der Waals surface area contributed by atoms with Gasteiger partial charge >= 0.3 is 0 Å². The Labute approximate surface area is 75.6 Å². The smallest absolute Gasteiger partial charge is 0.0679 e. The van der Waals surface area contributed by atoms with Gasteiger partial charge in [0.05, 0.1) is 6.10 Å². The highest BCUT2D eigenvalue weighted by molar-refractivity contribution is 4.75. The molecular weight excluding hydrogens is 150 g/mol. The summed E-state index contributed by atoms with van der Waals surface area (Å²) in [6, 6.07) is 0. The molecule has 1 saturated heterocycles. The zero-order chi connectivity index (χ0) is 8.97. The molecule has 1 N–H and O–H groups in total. The molecule has 0 aromatic carbocycles. The number of aliphatic hydroxyl groups excluding tert-OH is 1. The summed E-state index contributed by atoms with van der Waals surface area (Å²) in [4.78, 5) is 2.38. The normalized spacial score (nSPS) is 27.8. The van der Waals surface area contributed by atoms with Crippen LogP contribution in [-0.2, 0) is 0 Å². The summed E-state index contributed by atoms with van der Waals surface area (Å²) < 4.78 is 0. The minimum Gasteiger partial charge on any atom is -0.392 e. The predicted octanol–water partition coefficient (Wildman–Crippen LogP) is 1.49. The fourth-order valence-corrected chi connectivity index (χ4v) is 2.00. The maximum absolute atomic E-state index is 9.30. The lowest BCUT2D eigenvalue weighted by molar-refractivity contribution is 0.170. The van der Waals surface area contributed by atoms with Crippen molar-refractivity contribution >= 4 is 0 Å². The molecule has 2 nitrogen and oxygen atoms in total. The third-order valence-electron chi connectivity index (χ3n) is 2.60. The summed E-state index contributed by atoms with van der Waals surface area (Å²) in [7, 11) is 0. The highest BCUT2D eigenvalue weighted by atomic mass is 16.3. The molecule has 1 heterocycles. The van der Waals surface area contributed by atoms with Crippen LogP contribution in [0, 0.1) is 5.92 Å². The van der Waals surface area contributed by atoms with E-state index in [1.165, 1.54) is 19.4 Å². The molecule has 0 radical (unpaired) electrons. The zero-order valence-electron chi connectivity index (χ0n) is 8.29. The van der Waals surface area contributed by atoms with E-state index in [1.807, 2.05) is 0 Å². The Hall–Kier alpha value is -0.0800. The van der Waals surface area contributed by atoms with Gasteiger partial charge in [0.1, 0.15) is 0 Å². The Morgan fingerprint density at radius 2 is 2.33 bits per heavy atom. The Morgan fingerprint density at radius 3 is 2.83 bits per heavy atom. The van der Waals surface area contributed by atoms with Crippen LogP contribution in [0.25, 0.3) is 0 Å². The van der Waals surface area contributed by atoms with Crippen LogP contribution in [0.15, 0.2) is 0 Å². The van der Waals surface area contributed by atoms with Crippen LogP contribution in [0.5, 0.6) is 0 Å². The Bertz CT molecular complexity index is 127. The van der Waals surface area contributed by atoms with Crippen molar-refractivity contribution in [1.82, 2.24) is 4.90 Å². The zero-order valence-corrected chi connectivity index (χ0v) is 8.29. The van der Waals surface area contributed by atoms with Crippen LogP contribution in [0.2, 0.25) is 0 Å². The van der Waals surface area contributed by atoms with Crippen molar-refractivity contribution in [3.63, 3.8) is 0 Å². The average Bonchev–Trinajstić information content (AvgIpc) is 2.36. The van der Waals surface area contributed by atoms with Crippen LogP contribution < -0.4 is 0 Å². The van der Waals surface area contributed by atoms with Crippen molar-refractivity contribution in [2.45, 2.75) is 39.2 Å². The monoisotopic (exact) mass is 171 g/mol.